The number of rotatable bonds is 9. The minimum Gasteiger partial charge on any atom is -0.494 e. The summed E-state index contributed by atoms with van der Waals surface area (Å²) in [4.78, 5) is 17.6. The molecule has 192 valence electrons. The molecule has 1 saturated heterocycles. The van der Waals surface area contributed by atoms with Gasteiger partial charge in [0, 0.05) is 0 Å². The molecule has 6 nitrogen and oxygen atoms in total. The second-order valence-electron chi connectivity index (χ2n) is 7.71. The molecule has 0 radical (unpaired) electrons. The van der Waals surface area contributed by atoms with E-state index in [4.69, 9.17) is 49.0 Å². The van der Waals surface area contributed by atoms with Crippen molar-refractivity contribution in [2.45, 2.75) is 20.5 Å². The van der Waals surface area contributed by atoms with E-state index in [0.29, 0.717) is 61.1 Å². The van der Waals surface area contributed by atoms with Gasteiger partial charge in [0.2, 0.25) is 0 Å². The van der Waals surface area contributed by atoms with Gasteiger partial charge in [0.05, 0.1) is 38.9 Å². The quantitative estimate of drug-likeness (QED) is 0.262. The molecule has 1 amide bonds. The summed E-state index contributed by atoms with van der Waals surface area (Å²) in [5.74, 6) is 1.39. The van der Waals surface area contributed by atoms with Gasteiger partial charge in [0.15, 0.2) is 16.7 Å². The lowest BCUT2D eigenvalue weighted by molar-refractivity contribution is -0.115. The van der Waals surface area contributed by atoms with Crippen LogP contribution in [0.4, 0.5) is 5.69 Å². The molecule has 10 heteroatoms. The van der Waals surface area contributed by atoms with Crippen molar-refractivity contribution in [3.8, 4) is 17.2 Å². The van der Waals surface area contributed by atoms with Gasteiger partial charge in [0.25, 0.3) is 5.91 Å². The van der Waals surface area contributed by atoms with E-state index in [1.807, 2.05) is 44.2 Å². The number of carbonyl (C=O) groups is 1. The van der Waals surface area contributed by atoms with Crippen molar-refractivity contribution >= 4 is 69.4 Å². The Morgan fingerprint density at radius 1 is 0.892 bits per heavy atom. The maximum absolute atomic E-state index is 12.6. The van der Waals surface area contributed by atoms with E-state index in [0.717, 1.165) is 11.3 Å². The zero-order valence-electron chi connectivity index (χ0n) is 20.0. The molecule has 3 aromatic rings. The number of hydrogen-bond acceptors (Lipinski definition) is 6. The highest BCUT2D eigenvalue weighted by Gasteiger charge is 2.24. The van der Waals surface area contributed by atoms with Crippen LogP contribution in [-0.4, -0.2) is 24.3 Å². The normalized spacial score (nSPS) is 15.2. The Morgan fingerprint density at radius 3 is 2.35 bits per heavy atom. The number of carbonyl (C=O) groups excluding carboxylic acids is 1. The highest BCUT2D eigenvalue weighted by Crippen LogP contribution is 2.39. The van der Waals surface area contributed by atoms with Crippen molar-refractivity contribution in [2.75, 3.05) is 13.2 Å². The Bertz CT molecular complexity index is 1360. The van der Waals surface area contributed by atoms with Crippen LogP contribution in [0.2, 0.25) is 15.1 Å². The molecule has 0 aliphatic carbocycles. The molecule has 0 unspecified atom stereocenters. The van der Waals surface area contributed by atoms with Crippen LogP contribution in [0.15, 0.2) is 64.5 Å². The Morgan fingerprint density at radius 2 is 1.65 bits per heavy atom. The second-order valence-corrected chi connectivity index (χ2v) is 9.96. The second kappa shape index (κ2) is 12.6. The lowest BCUT2D eigenvalue weighted by atomic mass is 10.1. The van der Waals surface area contributed by atoms with Gasteiger partial charge in [-0.15, -0.1) is 0 Å². The summed E-state index contributed by atoms with van der Waals surface area (Å²) in [6.45, 7) is 5.02. The molecule has 37 heavy (non-hydrogen) atoms. The molecule has 4 rings (SSSR count). The van der Waals surface area contributed by atoms with E-state index < -0.39 is 0 Å². The summed E-state index contributed by atoms with van der Waals surface area (Å²) >= 11 is 19.9. The van der Waals surface area contributed by atoms with Crippen molar-refractivity contribution in [2.24, 2.45) is 4.99 Å². The van der Waals surface area contributed by atoms with Crippen LogP contribution >= 0.6 is 46.6 Å². The Labute approximate surface area is 234 Å². The van der Waals surface area contributed by atoms with E-state index in [2.05, 4.69) is 10.3 Å². The zero-order valence-corrected chi connectivity index (χ0v) is 23.1. The Balaban J connectivity index is 1.52. The topological polar surface area (TPSA) is 69.2 Å². The summed E-state index contributed by atoms with van der Waals surface area (Å²) in [5.41, 5.74) is 2.23. The van der Waals surface area contributed by atoms with Gasteiger partial charge in [-0.25, -0.2) is 4.99 Å². The SMILES string of the molecule is CCOc1ccc(N=C2NC(=O)/C(=C\c3cc(Cl)c(OCc4ccc(Cl)c(Cl)c4)c(OCC)c3)S2)cc1. The minimum absolute atomic E-state index is 0.223. The van der Waals surface area contributed by atoms with Crippen LogP contribution in [0.25, 0.3) is 6.08 Å². The number of amides is 1. The molecule has 1 aliphatic heterocycles. The largest absolute Gasteiger partial charge is 0.494 e. The number of hydrogen-bond donors (Lipinski definition) is 1. The summed E-state index contributed by atoms with van der Waals surface area (Å²) < 4.78 is 17.2. The number of nitrogens with zero attached hydrogens (tertiary/aromatic N) is 1. The lowest BCUT2D eigenvalue weighted by Crippen LogP contribution is -2.19. The molecule has 0 bridgehead atoms. The predicted molar refractivity (Wildman–Crippen MR) is 152 cm³/mol. The molecule has 1 N–H and O–H groups in total. The van der Waals surface area contributed by atoms with Crippen LogP contribution in [0.3, 0.4) is 0 Å². The van der Waals surface area contributed by atoms with Crippen molar-refractivity contribution in [3.63, 3.8) is 0 Å². The molecule has 0 aromatic heterocycles. The fraction of sp³-hybridized carbons (Fsp3) is 0.185. The van der Waals surface area contributed by atoms with Crippen molar-refractivity contribution in [3.05, 3.63) is 85.7 Å². The van der Waals surface area contributed by atoms with Crippen molar-refractivity contribution in [1.29, 1.82) is 0 Å². The van der Waals surface area contributed by atoms with E-state index >= 15 is 0 Å². The zero-order chi connectivity index (χ0) is 26.4. The highest BCUT2D eigenvalue weighted by molar-refractivity contribution is 8.18. The molecule has 0 atom stereocenters. The number of thioether (sulfide) groups is 1. The highest BCUT2D eigenvalue weighted by atomic mass is 35.5. The summed E-state index contributed by atoms with van der Waals surface area (Å²) in [5, 5.41) is 4.54. The molecule has 0 saturated carbocycles. The van der Waals surface area contributed by atoms with E-state index in [9.17, 15) is 4.79 Å². The summed E-state index contributed by atoms with van der Waals surface area (Å²) in [6.07, 6.45) is 1.73. The summed E-state index contributed by atoms with van der Waals surface area (Å²) in [7, 11) is 0. The molecule has 1 fully saturated rings. The van der Waals surface area contributed by atoms with Crippen LogP contribution in [0, 0.1) is 0 Å². The van der Waals surface area contributed by atoms with E-state index in [1.165, 1.54) is 11.8 Å². The molecule has 1 heterocycles. The predicted octanol–water partition coefficient (Wildman–Crippen LogP) is 7.91. The fourth-order valence-corrected chi connectivity index (χ4v) is 4.83. The fourth-order valence-electron chi connectivity index (χ4n) is 3.39. The van der Waals surface area contributed by atoms with Crippen LogP contribution < -0.4 is 19.5 Å². The number of ether oxygens (including phenoxy) is 3. The maximum Gasteiger partial charge on any atom is 0.264 e. The average molecular weight is 578 g/mol. The lowest BCUT2D eigenvalue weighted by Gasteiger charge is -2.15. The Hall–Kier alpha value is -2.84. The van der Waals surface area contributed by atoms with Crippen LogP contribution in [0.1, 0.15) is 25.0 Å². The number of nitrogens with one attached hydrogen (secondary N) is 1. The van der Waals surface area contributed by atoms with Crippen molar-refractivity contribution < 1.29 is 19.0 Å². The number of aliphatic imine (C=N–C) groups is 1. The standard InChI is InChI=1S/C27H23Cl3N2O4S/c1-3-34-19-8-6-18(7-9-19)31-27-32-26(33)24(37-27)14-17-12-22(30)25(23(13-17)35-4-2)36-15-16-5-10-20(28)21(29)11-16/h5-14H,3-4,15H2,1-2H3,(H,31,32,33)/b24-14+. The number of benzene rings is 3. The van der Waals surface area contributed by atoms with Crippen LogP contribution in [-0.2, 0) is 11.4 Å². The number of amidine groups is 1. The van der Waals surface area contributed by atoms with Gasteiger partial charge in [-0.3, -0.25) is 4.79 Å². The van der Waals surface area contributed by atoms with Crippen molar-refractivity contribution in [1.82, 2.24) is 5.32 Å². The molecule has 0 spiro atoms. The maximum atomic E-state index is 12.6. The number of halogens is 3. The van der Waals surface area contributed by atoms with Gasteiger partial charge in [0.1, 0.15) is 12.4 Å². The average Bonchev–Trinajstić information content (AvgIpc) is 3.20. The first-order valence-corrected chi connectivity index (χ1v) is 13.4. The van der Waals surface area contributed by atoms with Gasteiger partial charge in [-0.05, 0) is 91.3 Å². The monoisotopic (exact) mass is 576 g/mol. The minimum atomic E-state index is -0.247. The van der Waals surface area contributed by atoms with Gasteiger partial charge < -0.3 is 19.5 Å². The van der Waals surface area contributed by atoms with E-state index in [1.54, 1.807) is 30.3 Å². The molecule has 3 aromatic carbocycles. The smallest absolute Gasteiger partial charge is 0.264 e. The third-order valence-corrected chi connectivity index (χ3v) is 6.96. The van der Waals surface area contributed by atoms with E-state index in [-0.39, 0.29) is 12.5 Å². The Kier molecular flexibility index (Phi) is 9.27. The first-order chi connectivity index (χ1) is 17.9. The van der Waals surface area contributed by atoms with Gasteiger partial charge in [-0.1, -0.05) is 40.9 Å². The van der Waals surface area contributed by atoms with Crippen LogP contribution in [0.5, 0.6) is 17.2 Å². The molecular formula is C27H23Cl3N2O4S. The third-order valence-electron chi connectivity index (χ3n) is 5.03. The first-order valence-electron chi connectivity index (χ1n) is 11.4. The first kappa shape index (κ1) is 27.2. The third kappa shape index (κ3) is 7.14. The molecular weight excluding hydrogens is 555 g/mol. The van der Waals surface area contributed by atoms with Gasteiger partial charge in [-0.2, -0.15) is 0 Å². The molecule has 1 aliphatic rings. The summed E-state index contributed by atoms with van der Waals surface area (Å²) in [6, 6.07) is 16.1. The van der Waals surface area contributed by atoms with Gasteiger partial charge >= 0.3 is 0 Å².